The number of hydrogen-bond acceptors (Lipinski definition) is 2. The molecule has 3 N–H and O–H groups in total. The van der Waals surface area contributed by atoms with Gasteiger partial charge in [0, 0.05) is 12.5 Å². The van der Waals surface area contributed by atoms with Crippen LogP contribution in [0.2, 0.25) is 0 Å². The fraction of sp³-hybridized carbons (Fsp3) is 0.941. The maximum Gasteiger partial charge on any atom is 0.220 e. The first-order valence-corrected chi connectivity index (χ1v) is 8.20. The molecule has 0 saturated carbocycles. The second-order valence-corrected chi connectivity index (χ2v) is 7.40. The van der Waals surface area contributed by atoms with Crippen molar-refractivity contribution in [1.82, 2.24) is 5.32 Å². The summed E-state index contributed by atoms with van der Waals surface area (Å²) in [6, 6.07) is 0.278. The number of nitrogens with two attached hydrogens (primary N) is 1. The zero-order valence-corrected chi connectivity index (χ0v) is 14.5. The van der Waals surface area contributed by atoms with E-state index in [0.29, 0.717) is 24.8 Å². The highest BCUT2D eigenvalue weighted by Crippen LogP contribution is 2.32. The zero-order valence-electron chi connectivity index (χ0n) is 14.5. The van der Waals surface area contributed by atoms with E-state index in [2.05, 4.69) is 46.9 Å². The molecule has 0 rings (SSSR count). The molecule has 3 nitrogen and oxygen atoms in total. The van der Waals surface area contributed by atoms with E-state index < -0.39 is 0 Å². The van der Waals surface area contributed by atoms with Crippen LogP contribution in [0.15, 0.2) is 0 Å². The smallest absolute Gasteiger partial charge is 0.220 e. The maximum atomic E-state index is 12.0. The Morgan fingerprint density at radius 3 is 2.25 bits per heavy atom. The molecule has 0 aliphatic rings. The van der Waals surface area contributed by atoms with Gasteiger partial charge in [0.15, 0.2) is 0 Å². The van der Waals surface area contributed by atoms with Crippen molar-refractivity contribution in [3.8, 4) is 0 Å². The molecule has 0 saturated heterocycles. The second kappa shape index (κ2) is 9.38. The van der Waals surface area contributed by atoms with Crippen molar-refractivity contribution in [3.63, 3.8) is 0 Å². The minimum absolute atomic E-state index is 0.187. The van der Waals surface area contributed by atoms with Crippen molar-refractivity contribution in [3.05, 3.63) is 0 Å². The van der Waals surface area contributed by atoms with Gasteiger partial charge in [0.1, 0.15) is 0 Å². The van der Waals surface area contributed by atoms with Gasteiger partial charge in [0.05, 0.1) is 0 Å². The number of carbonyl (C=O) groups excluding carboxylic acids is 1. The minimum atomic E-state index is 0.187. The quantitative estimate of drug-likeness (QED) is 0.678. The van der Waals surface area contributed by atoms with Gasteiger partial charge >= 0.3 is 0 Å². The van der Waals surface area contributed by atoms with Crippen LogP contribution in [0.1, 0.15) is 73.6 Å². The van der Waals surface area contributed by atoms with Crippen LogP contribution in [0.4, 0.5) is 0 Å². The van der Waals surface area contributed by atoms with E-state index in [9.17, 15) is 4.79 Å². The minimum Gasteiger partial charge on any atom is -0.354 e. The standard InChI is InChI=1S/C17H36N2O/c1-7-13(2)12-14(3)19-16(20)9-8-15(10-11-18)17(4,5)6/h13-15H,7-12,18H2,1-6H3,(H,19,20). The largest absolute Gasteiger partial charge is 0.354 e. The highest BCUT2D eigenvalue weighted by molar-refractivity contribution is 5.76. The van der Waals surface area contributed by atoms with Gasteiger partial charge in [0.2, 0.25) is 5.91 Å². The molecule has 0 bridgehead atoms. The lowest BCUT2D eigenvalue weighted by atomic mass is 9.76. The lowest BCUT2D eigenvalue weighted by molar-refractivity contribution is -0.122. The first-order chi connectivity index (χ1) is 9.20. The van der Waals surface area contributed by atoms with Gasteiger partial charge in [-0.3, -0.25) is 4.79 Å². The van der Waals surface area contributed by atoms with E-state index >= 15 is 0 Å². The Bertz CT molecular complexity index is 271. The molecule has 3 atom stereocenters. The van der Waals surface area contributed by atoms with Crippen LogP contribution in [0.3, 0.4) is 0 Å². The van der Waals surface area contributed by atoms with Crippen molar-refractivity contribution < 1.29 is 4.79 Å². The molecule has 20 heavy (non-hydrogen) atoms. The molecule has 0 spiro atoms. The first kappa shape index (κ1) is 19.4. The average molecular weight is 284 g/mol. The predicted octanol–water partition coefficient (Wildman–Crippen LogP) is 3.72. The predicted molar refractivity (Wildman–Crippen MR) is 87.5 cm³/mol. The van der Waals surface area contributed by atoms with Crippen molar-refractivity contribution in [2.75, 3.05) is 6.54 Å². The van der Waals surface area contributed by atoms with Crippen LogP contribution in [-0.2, 0) is 4.79 Å². The number of rotatable bonds is 9. The summed E-state index contributed by atoms with van der Waals surface area (Å²) >= 11 is 0. The third kappa shape index (κ3) is 8.57. The molecule has 0 heterocycles. The third-order valence-electron chi connectivity index (χ3n) is 4.32. The topological polar surface area (TPSA) is 55.1 Å². The zero-order chi connectivity index (χ0) is 15.8. The van der Waals surface area contributed by atoms with Gasteiger partial charge in [-0.05, 0) is 50.0 Å². The van der Waals surface area contributed by atoms with E-state index in [1.165, 1.54) is 6.42 Å². The highest BCUT2D eigenvalue weighted by atomic mass is 16.1. The molecule has 0 aromatic carbocycles. The molecule has 0 aromatic heterocycles. The summed E-state index contributed by atoms with van der Waals surface area (Å²) in [6.07, 6.45) is 4.78. The van der Waals surface area contributed by atoms with Gasteiger partial charge in [0.25, 0.3) is 0 Å². The highest BCUT2D eigenvalue weighted by Gasteiger charge is 2.24. The van der Waals surface area contributed by atoms with Gasteiger partial charge in [-0.25, -0.2) is 0 Å². The Hall–Kier alpha value is -0.570. The molecule has 0 fully saturated rings. The monoisotopic (exact) mass is 284 g/mol. The third-order valence-corrected chi connectivity index (χ3v) is 4.32. The van der Waals surface area contributed by atoms with Crippen LogP contribution in [0, 0.1) is 17.3 Å². The van der Waals surface area contributed by atoms with Crippen LogP contribution < -0.4 is 11.1 Å². The normalized spacial score (nSPS) is 16.6. The fourth-order valence-corrected chi connectivity index (χ4v) is 2.69. The van der Waals surface area contributed by atoms with Gasteiger partial charge in [-0.2, -0.15) is 0 Å². The summed E-state index contributed by atoms with van der Waals surface area (Å²) in [4.78, 5) is 12.0. The van der Waals surface area contributed by atoms with E-state index in [1.54, 1.807) is 0 Å². The lowest BCUT2D eigenvalue weighted by Crippen LogP contribution is -2.34. The van der Waals surface area contributed by atoms with Crippen LogP contribution in [-0.4, -0.2) is 18.5 Å². The van der Waals surface area contributed by atoms with E-state index in [4.69, 9.17) is 5.73 Å². The van der Waals surface area contributed by atoms with E-state index in [-0.39, 0.29) is 17.4 Å². The summed E-state index contributed by atoms with van der Waals surface area (Å²) in [7, 11) is 0. The van der Waals surface area contributed by atoms with Crippen LogP contribution in [0.25, 0.3) is 0 Å². The first-order valence-electron chi connectivity index (χ1n) is 8.20. The number of amides is 1. The maximum absolute atomic E-state index is 12.0. The second-order valence-electron chi connectivity index (χ2n) is 7.40. The van der Waals surface area contributed by atoms with Gasteiger partial charge in [-0.15, -0.1) is 0 Å². The molecular formula is C17H36N2O. The van der Waals surface area contributed by atoms with Crippen LogP contribution in [0.5, 0.6) is 0 Å². The van der Waals surface area contributed by atoms with E-state index in [1.807, 2.05) is 0 Å². The number of nitrogens with one attached hydrogen (secondary N) is 1. The van der Waals surface area contributed by atoms with Crippen molar-refractivity contribution in [2.45, 2.75) is 79.7 Å². The molecule has 0 radical (unpaired) electrons. The van der Waals surface area contributed by atoms with Crippen molar-refractivity contribution in [1.29, 1.82) is 0 Å². The summed E-state index contributed by atoms with van der Waals surface area (Å²) in [5.41, 5.74) is 5.91. The van der Waals surface area contributed by atoms with E-state index in [0.717, 1.165) is 19.3 Å². The molecule has 0 aliphatic carbocycles. The Balaban J connectivity index is 4.13. The lowest BCUT2D eigenvalue weighted by Gasteiger charge is -2.30. The number of carbonyl (C=O) groups is 1. The van der Waals surface area contributed by atoms with Crippen molar-refractivity contribution >= 4 is 5.91 Å². The molecule has 120 valence electrons. The summed E-state index contributed by atoms with van der Waals surface area (Å²) in [5.74, 6) is 1.38. The molecule has 1 amide bonds. The Morgan fingerprint density at radius 1 is 1.20 bits per heavy atom. The Kier molecular flexibility index (Phi) is 9.11. The van der Waals surface area contributed by atoms with Crippen LogP contribution >= 0.6 is 0 Å². The molecule has 0 aliphatic heterocycles. The van der Waals surface area contributed by atoms with Crippen molar-refractivity contribution in [2.24, 2.45) is 23.0 Å². The Labute approximate surface area is 126 Å². The SMILES string of the molecule is CCC(C)CC(C)NC(=O)CCC(CCN)C(C)(C)C. The molecule has 0 aromatic rings. The van der Waals surface area contributed by atoms with Gasteiger partial charge < -0.3 is 11.1 Å². The summed E-state index contributed by atoms with van der Waals surface area (Å²) in [5, 5.41) is 3.12. The average Bonchev–Trinajstić information content (AvgIpc) is 2.32. The fourth-order valence-electron chi connectivity index (χ4n) is 2.69. The Morgan fingerprint density at radius 2 is 1.80 bits per heavy atom. The summed E-state index contributed by atoms with van der Waals surface area (Å²) in [6.45, 7) is 13.9. The molecular weight excluding hydrogens is 248 g/mol. The number of hydrogen-bond donors (Lipinski definition) is 2. The molecule has 3 heteroatoms. The summed E-state index contributed by atoms with van der Waals surface area (Å²) < 4.78 is 0. The van der Waals surface area contributed by atoms with Gasteiger partial charge in [-0.1, -0.05) is 41.0 Å². The molecule has 3 unspecified atom stereocenters.